The largest absolute Gasteiger partial charge is 0.399 e. The van der Waals surface area contributed by atoms with E-state index >= 15 is 0 Å². The van der Waals surface area contributed by atoms with Crippen LogP contribution >= 0.6 is 0 Å². The summed E-state index contributed by atoms with van der Waals surface area (Å²) >= 11 is 0. The summed E-state index contributed by atoms with van der Waals surface area (Å²) in [5.74, 6) is -0.255. The van der Waals surface area contributed by atoms with E-state index in [2.05, 4.69) is 26.0 Å². The molecule has 0 unspecified atom stereocenters. The molecule has 9 atom stereocenters. The lowest BCUT2D eigenvalue weighted by Gasteiger charge is -2.59. The zero-order chi connectivity index (χ0) is 29.4. The number of nitrogens with two attached hydrogens (primary N) is 1. The van der Waals surface area contributed by atoms with Crippen LogP contribution in [0.4, 0.5) is 5.69 Å². The smallest absolute Gasteiger partial charge is 0.193 e. The zero-order valence-corrected chi connectivity index (χ0v) is 24.2. The number of aliphatic hydroxyl groups is 2. The minimum Gasteiger partial charge on any atom is -0.399 e. The molecule has 0 bridgehead atoms. The van der Waals surface area contributed by atoms with Crippen LogP contribution < -0.4 is 5.73 Å². The Morgan fingerprint density at radius 2 is 1.90 bits per heavy atom. The predicted octanol–water partition coefficient (Wildman–Crippen LogP) is 4.46. The Balaban J connectivity index is 1.20. The van der Waals surface area contributed by atoms with Gasteiger partial charge in [-0.3, -0.25) is 9.59 Å². The van der Waals surface area contributed by atoms with E-state index in [1.54, 1.807) is 12.2 Å². The molecular weight excluding hydrogens is 530 g/mol. The number of carbonyl (C=O) groups is 2. The minimum atomic E-state index is -1.36. The van der Waals surface area contributed by atoms with Gasteiger partial charge in [-0.25, -0.2) is 0 Å². The van der Waals surface area contributed by atoms with Crippen LogP contribution in [0.1, 0.15) is 62.5 Å². The predicted molar refractivity (Wildman–Crippen MR) is 157 cm³/mol. The summed E-state index contributed by atoms with van der Waals surface area (Å²) < 4.78 is 13.4. The summed E-state index contributed by atoms with van der Waals surface area (Å²) in [5, 5.41) is 22.1. The number of anilines is 1. The molecule has 0 amide bonds. The molecule has 0 spiro atoms. The number of Topliss-reactive ketones (excluding diaryl/α,β-unsaturated/α-hetero) is 1. The molecule has 0 aromatic heterocycles. The quantitative estimate of drug-likeness (QED) is 0.455. The Morgan fingerprint density at radius 3 is 2.67 bits per heavy atom. The third-order valence-electron chi connectivity index (χ3n) is 11.4. The van der Waals surface area contributed by atoms with Crippen molar-refractivity contribution in [3.8, 4) is 0 Å². The molecule has 2 aromatic carbocycles. The first kappa shape index (κ1) is 27.7. The van der Waals surface area contributed by atoms with Gasteiger partial charge in [0.1, 0.15) is 6.61 Å². The number of hydrogen-bond donors (Lipinski definition) is 3. The molecule has 2 aromatic rings. The molecule has 4 aliphatic carbocycles. The maximum atomic E-state index is 13.8. The van der Waals surface area contributed by atoms with Crippen molar-refractivity contribution >= 4 is 17.3 Å². The zero-order valence-electron chi connectivity index (χ0n) is 24.2. The van der Waals surface area contributed by atoms with E-state index in [-0.39, 0.29) is 29.3 Å². The highest BCUT2D eigenvalue weighted by Crippen LogP contribution is 2.70. The maximum absolute atomic E-state index is 13.8. The highest BCUT2D eigenvalue weighted by atomic mass is 16.7. The van der Waals surface area contributed by atoms with Crippen molar-refractivity contribution in [2.45, 2.75) is 70.1 Å². The van der Waals surface area contributed by atoms with E-state index in [9.17, 15) is 19.8 Å². The van der Waals surface area contributed by atoms with Crippen LogP contribution in [0.25, 0.3) is 0 Å². The van der Waals surface area contributed by atoms with Crippen molar-refractivity contribution < 1.29 is 29.3 Å². The number of hydrogen-bond acceptors (Lipinski definition) is 7. The Kier molecular flexibility index (Phi) is 6.41. The van der Waals surface area contributed by atoms with Gasteiger partial charge >= 0.3 is 0 Å². The van der Waals surface area contributed by atoms with Gasteiger partial charge < -0.3 is 25.4 Å². The van der Waals surface area contributed by atoms with Crippen molar-refractivity contribution in [2.24, 2.45) is 28.6 Å². The van der Waals surface area contributed by atoms with Crippen molar-refractivity contribution in [2.75, 3.05) is 12.3 Å². The minimum absolute atomic E-state index is 0.00401. The van der Waals surface area contributed by atoms with Crippen LogP contribution in [0.15, 0.2) is 72.3 Å². The maximum Gasteiger partial charge on any atom is 0.193 e. The number of nitrogen functional groups attached to an aromatic ring is 1. The summed E-state index contributed by atoms with van der Waals surface area (Å²) in [4.78, 5) is 25.9. The Morgan fingerprint density at radius 1 is 1.12 bits per heavy atom. The molecule has 0 radical (unpaired) electrons. The second-order valence-electron chi connectivity index (χ2n) is 13.5. The topological polar surface area (TPSA) is 119 Å². The van der Waals surface area contributed by atoms with Crippen LogP contribution in [0.5, 0.6) is 0 Å². The summed E-state index contributed by atoms with van der Waals surface area (Å²) in [6.07, 6.45) is 6.69. The van der Waals surface area contributed by atoms with E-state index in [1.807, 2.05) is 42.5 Å². The van der Waals surface area contributed by atoms with Gasteiger partial charge in [-0.1, -0.05) is 61.9 Å². The lowest BCUT2D eigenvalue weighted by atomic mass is 9.46. The number of ketones is 2. The Hall–Kier alpha value is -3.10. The lowest BCUT2D eigenvalue weighted by Crippen LogP contribution is -2.63. The molecular formula is C35H39NO6. The van der Waals surface area contributed by atoms with Gasteiger partial charge in [0.2, 0.25) is 0 Å². The van der Waals surface area contributed by atoms with Crippen molar-refractivity contribution in [3.63, 3.8) is 0 Å². The molecule has 7 heteroatoms. The highest BCUT2D eigenvalue weighted by Gasteiger charge is 2.75. The summed E-state index contributed by atoms with van der Waals surface area (Å²) in [6.45, 7) is 3.54. The van der Waals surface area contributed by atoms with E-state index in [4.69, 9.17) is 15.2 Å². The number of fused-ring (bicyclic) bond motifs is 7. The number of ether oxygens (including phenoxy) is 2. The molecule has 7 rings (SSSR count). The molecule has 42 heavy (non-hydrogen) atoms. The average molecular weight is 570 g/mol. The molecule has 7 nitrogen and oxygen atoms in total. The SMILES string of the molecule is C[C@]12C=CC(=O)C=C1CC[C@@H]1[C@@H]2[C@@H](O)C[C@@]2(C)[C@H]1C[C@H]1O[C@H](c3cccc(Cc4ccc(N)cc4)c3)O[C@]12C(=O)CO. The number of aliphatic hydroxyl groups excluding tert-OH is 2. The van der Waals surface area contributed by atoms with Gasteiger partial charge in [0.25, 0.3) is 0 Å². The van der Waals surface area contributed by atoms with Crippen molar-refractivity contribution in [1.29, 1.82) is 0 Å². The second kappa shape index (κ2) is 9.71. The Labute approximate surface area is 246 Å². The van der Waals surface area contributed by atoms with Crippen LogP contribution in [0, 0.1) is 28.6 Å². The van der Waals surface area contributed by atoms with E-state index in [0.29, 0.717) is 12.8 Å². The van der Waals surface area contributed by atoms with Crippen LogP contribution in [0.2, 0.25) is 0 Å². The molecule has 220 valence electrons. The van der Waals surface area contributed by atoms with Gasteiger partial charge in [0.05, 0.1) is 12.2 Å². The van der Waals surface area contributed by atoms with Gasteiger partial charge in [-0.2, -0.15) is 0 Å². The number of benzene rings is 2. The summed E-state index contributed by atoms with van der Waals surface area (Å²) in [5.41, 5.74) is 8.23. The summed E-state index contributed by atoms with van der Waals surface area (Å²) in [6, 6.07) is 15.8. The molecule has 5 aliphatic rings. The average Bonchev–Trinajstić information content (AvgIpc) is 3.47. The van der Waals surface area contributed by atoms with Crippen LogP contribution in [-0.2, 0) is 25.5 Å². The molecule has 1 saturated heterocycles. The monoisotopic (exact) mass is 569 g/mol. The normalized spacial score (nSPS) is 40.1. The lowest BCUT2D eigenvalue weighted by molar-refractivity contribution is -0.201. The van der Waals surface area contributed by atoms with Gasteiger partial charge in [0.15, 0.2) is 23.5 Å². The second-order valence-corrected chi connectivity index (χ2v) is 13.5. The first-order chi connectivity index (χ1) is 20.1. The fraction of sp³-hybridized carbons (Fsp3) is 0.486. The van der Waals surface area contributed by atoms with Gasteiger partial charge in [0, 0.05) is 28.0 Å². The summed E-state index contributed by atoms with van der Waals surface area (Å²) in [7, 11) is 0. The Bertz CT molecular complexity index is 1500. The fourth-order valence-corrected chi connectivity index (χ4v) is 9.56. The highest BCUT2D eigenvalue weighted by molar-refractivity contribution is 6.01. The first-order valence-corrected chi connectivity index (χ1v) is 15.1. The first-order valence-electron chi connectivity index (χ1n) is 15.1. The van der Waals surface area contributed by atoms with E-state index in [1.165, 1.54) is 0 Å². The van der Waals surface area contributed by atoms with Crippen LogP contribution in [0.3, 0.4) is 0 Å². The third kappa shape index (κ3) is 3.87. The van der Waals surface area contributed by atoms with Crippen molar-refractivity contribution in [1.82, 2.24) is 0 Å². The number of carbonyl (C=O) groups excluding carboxylic acids is 2. The van der Waals surface area contributed by atoms with E-state index < -0.39 is 41.5 Å². The van der Waals surface area contributed by atoms with Crippen molar-refractivity contribution in [3.05, 3.63) is 89.0 Å². The number of allylic oxidation sites excluding steroid dienone is 4. The fourth-order valence-electron chi connectivity index (χ4n) is 9.56. The molecule has 3 saturated carbocycles. The molecule has 4 fully saturated rings. The number of rotatable bonds is 5. The molecule has 1 heterocycles. The van der Waals surface area contributed by atoms with Crippen LogP contribution in [-0.4, -0.2) is 46.2 Å². The van der Waals surface area contributed by atoms with Gasteiger partial charge in [-0.05, 0) is 79.4 Å². The van der Waals surface area contributed by atoms with Gasteiger partial charge in [-0.15, -0.1) is 0 Å². The standard InChI is InChI=1S/C35H39NO6/c1-33-13-12-25(38)16-23(33)8-11-26-27-17-30-35(29(40)19-37,34(27,2)18-28(39)31(26)33)42-32(41-30)22-5-3-4-21(15-22)14-20-6-9-24(36)10-7-20/h3-7,9-10,12-13,15-16,26-28,30-32,37,39H,8,11,14,17-19,36H2,1-2H3/t26-,27-,28-,30+,31+,32-,33-,34-,35+/m0/s1. The van der Waals surface area contributed by atoms with E-state index in [0.717, 1.165) is 47.2 Å². The molecule has 4 N–H and O–H groups in total. The third-order valence-corrected chi connectivity index (χ3v) is 11.4. The molecule has 1 aliphatic heterocycles.